The van der Waals surface area contributed by atoms with Gasteiger partial charge in [0.05, 0.1) is 0 Å². The van der Waals surface area contributed by atoms with Crippen molar-refractivity contribution in [2.75, 3.05) is 13.1 Å². The van der Waals surface area contributed by atoms with Crippen LogP contribution in [-0.4, -0.2) is 29.7 Å². The van der Waals surface area contributed by atoms with Crippen LogP contribution < -0.4 is 0 Å². The summed E-state index contributed by atoms with van der Waals surface area (Å²) in [4.78, 5) is 13.7. The normalized spacial score (nSPS) is 26.7. The largest absolute Gasteiger partial charge is 0.444 e. The maximum atomic E-state index is 11.8. The van der Waals surface area contributed by atoms with Crippen molar-refractivity contribution in [3.8, 4) is 0 Å². The summed E-state index contributed by atoms with van der Waals surface area (Å²) < 4.78 is 5.39. The highest BCUT2D eigenvalue weighted by atomic mass is 16.6. The number of carbonyl (C=O) groups is 1. The lowest BCUT2D eigenvalue weighted by Crippen LogP contribution is -2.36. The van der Waals surface area contributed by atoms with Gasteiger partial charge in [0, 0.05) is 13.1 Å². The van der Waals surface area contributed by atoms with Gasteiger partial charge in [-0.25, -0.2) is 4.79 Å². The molecule has 0 N–H and O–H groups in total. The van der Waals surface area contributed by atoms with Gasteiger partial charge in [-0.1, -0.05) is 19.3 Å². The molecule has 1 aliphatic heterocycles. The van der Waals surface area contributed by atoms with Gasteiger partial charge in [0.15, 0.2) is 0 Å². The first kappa shape index (κ1) is 11.7. The molecule has 0 aromatic rings. The minimum atomic E-state index is -0.369. The van der Waals surface area contributed by atoms with E-state index in [2.05, 4.69) is 0 Å². The average molecular weight is 225 g/mol. The molecule has 0 bridgehead atoms. The Labute approximate surface area is 98.1 Å². The summed E-state index contributed by atoms with van der Waals surface area (Å²) in [5.41, 5.74) is -0.369. The lowest BCUT2D eigenvalue weighted by molar-refractivity contribution is 0.0278. The number of likely N-dealkylation sites (tertiary alicyclic amines) is 1. The second kappa shape index (κ2) is 4.27. The van der Waals surface area contributed by atoms with Crippen LogP contribution in [0.15, 0.2) is 0 Å². The van der Waals surface area contributed by atoms with E-state index in [1.807, 2.05) is 25.7 Å². The quantitative estimate of drug-likeness (QED) is 0.686. The first-order chi connectivity index (χ1) is 7.46. The highest BCUT2D eigenvalue weighted by Gasteiger charge is 2.35. The van der Waals surface area contributed by atoms with Crippen LogP contribution in [0.4, 0.5) is 4.79 Å². The first-order valence-corrected chi connectivity index (χ1v) is 6.43. The fraction of sp³-hybridized carbons (Fsp3) is 0.923. The van der Waals surface area contributed by atoms with Crippen LogP contribution in [0.2, 0.25) is 0 Å². The van der Waals surface area contributed by atoms with Crippen LogP contribution in [-0.2, 0) is 4.74 Å². The lowest BCUT2D eigenvalue weighted by Gasteiger charge is -2.31. The minimum Gasteiger partial charge on any atom is -0.444 e. The Morgan fingerprint density at radius 1 is 1.19 bits per heavy atom. The number of amides is 1. The van der Waals surface area contributed by atoms with Gasteiger partial charge < -0.3 is 9.64 Å². The van der Waals surface area contributed by atoms with E-state index in [0.29, 0.717) is 0 Å². The standard InChI is InChI=1S/C13H23NO2/c1-13(2,3)16-12(15)14-8-7-11(9-14)10-5-4-6-10/h10-11H,4-9H2,1-3H3. The zero-order valence-corrected chi connectivity index (χ0v) is 10.7. The number of rotatable bonds is 1. The number of nitrogens with zero attached hydrogens (tertiary/aromatic N) is 1. The van der Waals surface area contributed by atoms with Crippen molar-refractivity contribution in [3.05, 3.63) is 0 Å². The molecule has 1 unspecified atom stereocenters. The fourth-order valence-corrected chi connectivity index (χ4v) is 2.58. The van der Waals surface area contributed by atoms with Gasteiger partial charge in [0.1, 0.15) is 5.60 Å². The maximum absolute atomic E-state index is 11.8. The van der Waals surface area contributed by atoms with E-state index in [0.717, 1.165) is 24.9 Å². The van der Waals surface area contributed by atoms with Crippen molar-refractivity contribution in [1.82, 2.24) is 4.90 Å². The number of ether oxygens (including phenoxy) is 1. The Balaban J connectivity index is 1.81. The van der Waals surface area contributed by atoms with E-state index in [1.54, 1.807) is 0 Å². The molecule has 0 radical (unpaired) electrons. The van der Waals surface area contributed by atoms with Crippen molar-refractivity contribution in [2.45, 2.75) is 52.1 Å². The minimum absolute atomic E-state index is 0.130. The van der Waals surface area contributed by atoms with E-state index in [-0.39, 0.29) is 11.7 Å². The van der Waals surface area contributed by atoms with Gasteiger partial charge in [-0.3, -0.25) is 0 Å². The first-order valence-electron chi connectivity index (χ1n) is 6.43. The predicted octanol–water partition coefficient (Wildman–Crippen LogP) is 3.04. The molecular weight excluding hydrogens is 202 g/mol. The van der Waals surface area contributed by atoms with E-state index in [1.165, 1.54) is 25.7 Å². The molecule has 0 aromatic heterocycles. The Hall–Kier alpha value is -0.730. The summed E-state index contributed by atoms with van der Waals surface area (Å²) >= 11 is 0. The van der Waals surface area contributed by atoms with Crippen LogP contribution in [0, 0.1) is 11.8 Å². The van der Waals surface area contributed by atoms with Gasteiger partial charge in [0.2, 0.25) is 0 Å². The van der Waals surface area contributed by atoms with E-state index in [9.17, 15) is 4.79 Å². The molecule has 0 spiro atoms. The Morgan fingerprint density at radius 2 is 1.88 bits per heavy atom. The van der Waals surface area contributed by atoms with Crippen molar-refractivity contribution >= 4 is 6.09 Å². The van der Waals surface area contributed by atoms with Crippen LogP contribution in [0.25, 0.3) is 0 Å². The molecule has 1 saturated carbocycles. The van der Waals surface area contributed by atoms with E-state index < -0.39 is 0 Å². The highest BCUT2D eigenvalue weighted by Crippen LogP contribution is 2.38. The summed E-state index contributed by atoms with van der Waals surface area (Å²) in [7, 11) is 0. The van der Waals surface area contributed by atoms with Crippen LogP contribution in [0.1, 0.15) is 46.5 Å². The van der Waals surface area contributed by atoms with Crippen molar-refractivity contribution in [1.29, 1.82) is 0 Å². The summed E-state index contributed by atoms with van der Waals surface area (Å²) in [5.74, 6) is 1.62. The predicted molar refractivity (Wildman–Crippen MR) is 63.3 cm³/mol. The van der Waals surface area contributed by atoms with Crippen LogP contribution in [0.3, 0.4) is 0 Å². The van der Waals surface area contributed by atoms with Gasteiger partial charge in [-0.15, -0.1) is 0 Å². The highest BCUT2D eigenvalue weighted by molar-refractivity contribution is 5.68. The average Bonchev–Trinajstić information content (AvgIpc) is 2.46. The van der Waals surface area contributed by atoms with Gasteiger partial charge in [-0.05, 0) is 39.0 Å². The molecule has 3 nitrogen and oxygen atoms in total. The zero-order chi connectivity index (χ0) is 11.8. The third kappa shape index (κ3) is 2.69. The van der Waals surface area contributed by atoms with Gasteiger partial charge >= 0.3 is 6.09 Å². The third-order valence-electron chi connectivity index (χ3n) is 3.69. The molecule has 1 aliphatic carbocycles. The Kier molecular flexibility index (Phi) is 3.13. The topological polar surface area (TPSA) is 29.5 Å². The van der Waals surface area contributed by atoms with Crippen molar-refractivity contribution in [3.63, 3.8) is 0 Å². The molecule has 2 fully saturated rings. The van der Waals surface area contributed by atoms with Crippen molar-refractivity contribution in [2.24, 2.45) is 11.8 Å². The lowest BCUT2D eigenvalue weighted by atomic mass is 9.75. The molecule has 92 valence electrons. The molecule has 0 aromatic carbocycles. The second-order valence-corrected chi connectivity index (χ2v) is 6.17. The molecule has 2 aliphatic rings. The molecule has 1 saturated heterocycles. The molecule has 1 atom stereocenters. The van der Waals surface area contributed by atoms with Crippen LogP contribution >= 0.6 is 0 Å². The summed E-state index contributed by atoms with van der Waals surface area (Å²) in [5, 5.41) is 0. The molecule has 16 heavy (non-hydrogen) atoms. The molecule has 1 heterocycles. The van der Waals surface area contributed by atoms with Crippen molar-refractivity contribution < 1.29 is 9.53 Å². The Morgan fingerprint density at radius 3 is 2.38 bits per heavy atom. The monoisotopic (exact) mass is 225 g/mol. The SMILES string of the molecule is CC(C)(C)OC(=O)N1CCC(C2CCC2)C1. The molecule has 3 heteroatoms. The number of hydrogen-bond acceptors (Lipinski definition) is 2. The Bertz CT molecular complexity index is 266. The van der Waals surface area contributed by atoms with Gasteiger partial charge in [-0.2, -0.15) is 0 Å². The number of hydrogen-bond donors (Lipinski definition) is 0. The summed E-state index contributed by atoms with van der Waals surface area (Å²) in [6.07, 6.45) is 5.16. The summed E-state index contributed by atoms with van der Waals surface area (Å²) in [6, 6.07) is 0. The van der Waals surface area contributed by atoms with Gasteiger partial charge in [0.25, 0.3) is 0 Å². The summed E-state index contributed by atoms with van der Waals surface area (Å²) in [6.45, 7) is 7.56. The number of carbonyl (C=O) groups excluding carboxylic acids is 1. The fourth-order valence-electron chi connectivity index (χ4n) is 2.58. The maximum Gasteiger partial charge on any atom is 0.410 e. The molecule has 1 amide bonds. The second-order valence-electron chi connectivity index (χ2n) is 6.17. The molecule has 2 rings (SSSR count). The smallest absolute Gasteiger partial charge is 0.410 e. The zero-order valence-electron chi connectivity index (χ0n) is 10.7. The molecular formula is C13H23NO2. The van der Waals surface area contributed by atoms with E-state index in [4.69, 9.17) is 4.74 Å². The van der Waals surface area contributed by atoms with Crippen LogP contribution in [0.5, 0.6) is 0 Å². The van der Waals surface area contributed by atoms with E-state index >= 15 is 0 Å². The third-order valence-corrected chi connectivity index (χ3v) is 3.69.